The van der Waals surface area contributed by atoms with E-state index in [0.717, 1.165) is 180 Å². The van der Waals surface area contributed by atoms with E-state index >= 15 is 0 Å². The van der Waals surface area contributed by atoms with E-state index in [1.807, 2.05) is 0 Å². The first kappa shape index (κ1) is 77.7. The number of unbranched alkanes of at least 4 members (excludes halogenated alkanes) is 8. The molecule has 0 spiro atoms. The molecule has 1 unspecified atom stereocenters. The SMILES string of the molecule is CC/C=C\C/C=C\C/C=C\C/C=C\C/C=C\C/C=C\C/C=C\C/C=C\C/C=C\C/C=C\CCCCCCCCC(=O)OC(CO)COC(=O)CCCC/C=C\C/C=C\C/C=C\C/C=C\C/C=C\C/C=C\C/C=C\C/C=C\C/C=C\C/C=C\CC. The summed E-state index contributed by atoms with van der Waals surface area (Å²) in [5.41, 5.74) is 0. The Morgan fingerprint density at radius 1 is 0.274 bits per heavy atom. The van der Waals surface area contributed by atoms with Crippen LogP contribution in [0.5, 0.6) is 0 Å². The van der Waals surface area contributed by atoms with Gasteiger partial charge in [-0.3, -0.25) is 9.59 Å². The number of carbonyl (C=O) groups excluding carboxylic acids is 2. The zero-order valence-electron chi connectivity index (χ0n) is 52.8. The predicted molar refractivity (Wildman–Crippen MR) is 370 cm³/mol. The van der Waals surface area contributed by atoms with Crippen molar-refractivity contribution in [1.29, 1.82) is 0 Å². The van der Waals surface area contributed by atoms with Crippen molar-refractivity contribution in [3.63, 3.8) is 0 Å². The molecule has 0 aromatic carbocycles. The first-order valence-electron chi connectivity index (χ1n) is 32.6. The lowest BCUT2D eigenvalue weighted by Gasteiger charge is -2.15. The van der Waals surface area contributed by atoms with E-state index in [1.165, 1.54) is 12.8 Å². The van der Waals surface area contributed by atoms with Gasteiger partial charge in [0.25, 0.3) is 0 Å². The number of carbonyl (C=O) groups is 2. The molecule has 0 heterocycles. The Bertz CT molecular complexity index is 2130. The van der Waals surface area contributed by atoms with Gasteiger partial charge in [-0.2, -0.15) is 0 Å². The van der Waals surface area contributed by atoms with Crippen LogP contribution in [0.15, 0.2) is 243 Å². The van der Waals surface area contributed by atoms with Crippen LogP contribution in [0, 0.1) is 0 Å². The molecule has 0 aliphatic rings. The van der Waals surface area contributed by atoms with Crippen molar-refractivity contribution >= 4 is 11.9 Å². The average molecular weight is 1150 g/mol. The highest BCUT2D eigenvalue weighted by atomic mass is 16.6. The lowest BCUT2D eigenvalue weighted by Crippen LogP contribution is -2.28. The van der Waals surface area contributed by atoms with Gasteiger partial charge in [0, 0.05) is 12.8 Å². The molecule has 1 N–H and O–H groups in total. The maximum absolute atomic E-state index is 12.3. The quantitative estimate of drug-likeness (QED) is 0.0373. The maximum Gasteiger partial charge on any atom is 0.306 e. The summed E-state index contributed by atoms with van der Waals surface area (Å²) in [4.78, 5) is 24.6. The van der Waals surface area contributed by atoms with Gasteiger partial charge in [-0.15, -0.1) is 0 Å². The molecule has 0 bridgehead atoms. The van der Waals surface area contributed by atoms with E-state index < -0.39 is 6.10 Å². The molecule has 0 rings (SSSR count). The van der Waals surface area contributed by atoms with Crippen molar-refractivity contribution < 1.29 is 24.2 Å². The van der Waals surface area contributed by atoms with Gasteiger partial charge in [0.1, 0.15) is 6.61 Å². The van der Waals surface area contributed by atoms with Gasteiger partial charge in [0.15, 0.2) is 6.10 Å². The van der Waals surface area contributed by atoms with E-state index in [1.54, 1.807) is 0 Å². The van der Waals surface area contributed by atoms with Crippen molar-refractivity contribution in [3.8, 4) is 0 Å². The van der Waals surface area contributed by atoms with E-state index in [-0.39, 0.29) is 25.2 Å². The molecule has 0 radical (unpaired) electrons. The molecule has 0 saturated heterocycles. The highest BCUT2D eigenvalue weighted by Gasteiger charge is 2.16. The van der Waals surface area contributed by atoms with E-state index in [2.05, 4.69) is 257 Å². The Balaban J connectivity index is 3.73. The number of aliphatic hydroxyl groups excluding tert-OH is 1. The van der Waals surface area contributed by atoms with Gasteiger partial charge in [0.2, 0.25) is 0 Å². The normalized spacial score (nSPS) is 13.9. The topological polar surface area (TPSA) is 72.8 Å². The fraction of sp³-hybridized carbons (Fsp3) is 0.468. The van der Waals surface area contributed by atoms with Gasteiger partial charge in [-0.25, -0.2) is 0 Å². The van der Waals surface area contributed by atoms with Crippen LogP contribution >= 0.6 is 0 Å². The molecule has 0 aromatic heterocycles. The van der Waals surface area contributed by atoms with Crippen molar-refractivity contribution in [1.82, 2.24) is 0 Å². The number of allylic oxidation sites excluding steroid dienone is 40. The second kappa shape index (κ2) is 71.0. The number of esters is 2. The summed E-state index contributed by atoms with van der Waals surface area (Å²) in [6, 6.07) is 0. The number of ether oxygens (including phenoxy) is 2. The first-order valence-corrected chi connectivity index (χ1v) is 32.6. The Labute approximate surface area is 515 Å². The zero-order chi connectivity index (χ0) is 60.5. The minimum absolute atomic E-state index is 0.113. The summed E-state index contributed by atoms with van der Waals surface area (Å²) >= 11 is 0. The molecule has 84 heavy (non-hydrogen) atoms. The van der Waals surface area contributed by atoms with Crippen LogP contribution in [0.2, 0.25) is 0 Å². The molecule has 0 amide bonds. The van der Waals surface area contributed by atoms with Crippen molar-refractivity contribution in [2.75, 3.05) is 13.2 Å². The zero-order valence-corrected chi connectivity index (χ0v) is 52.8. The average Bonchev–Trinajstić information content (AvgIpc) is 3.51. The van der Waals surface area contributed by atoms with Crippen LogP contribution in [0.1, 0.15) is 219 Å². The lowest BCUT2D eigenvalue weighted by molar-refractivity contribution is -0.161. The molecule has 462 valence electrons. The second-order valence-corrected chi connectivity index (χ2v) is 20.4. The van der Waals surface area contributed by atoms with E-state index in [0.29, 0.717) is 12.8 Å². The Morgan fingerprint density at radius 2 is 0.476 bits per heavy atom. The third kappa shape index (κ3) is 68.2. The Kier molecular flexibility index (Phi) is 65.6. The van der Waals surface area contributed by atoms with Crippen LogP contribution in [0.3, 0.4) is 0 Å². The summed E-state index contributed by atoms with van der Waals surface area (Å²) in [6.07, 6.45) is 119. The number of hydrogen-bond donors (Lipinski definition) is 1. The predicted octanol–water partition coefficient (Wildman–Crippen LogP) is 23.1. The fourth-order valence-corrected chi connectivity index (χ4v) is 7.84. The van der Waals surface area contributed by atoms with Gasteiger partial charge in [0.05, 0.1) is 6.61 Å². The highest BCUT2D eigenvalue weighted by Crippen LogP contribution is 2.12. The molecule has 0 aliphatic carbocycles. The monoisotopic (exact) mass is 1140 g/mol. The third-order valence-corrected chi connectivity index (χ3v) is 12.6. The Morgan fingerprint density at radius 3 is 0.738 bits per heavy atom. The van der Waals surface area contributed by atoms with Crippen molar-refractivity contribution in [3.05, 3.63) is 243 Å². The number of rotatable bonds is 56. The number of aliphatic hydroxyl groups is 1. The van der Waals surface area contributed by atoms with Crippen molar-refractivity contribution in [2.45, 2.75) is 225 Å². The second-order valence-electron chi connectivity index (χ2n) is 20.4. The van der Waals surface area contributed by atoms with Gasteiger partial charge >= 0.3 is 11.9 Å². The lowest BCUT2D eigenvalue weighted by atomic mass is 10.1. The third-order valence-electron chi connectivity index (χ3n) is 12.6. The van der Waals surface area contributed by atoms with Gasteiger partial charge in [-0.05, 0) is 167 Å². The van der Waals surface area contributed by atoms with Gasteiger partial charge < -0.3 is 14.6 Å². The molecule has 0 aromatic rings. The molecule has 0 fully saturated rings. The standard InChI is InChI=1S/C79H116O5/c1-3-5-7-9-11-13-15-17-19-21-23-25-27-29-31-33-35-37-38-39-40-42-44-46-48-50-52-54-56-58-60-62-64-66-68-70-72-74-79(82)84-77(75-80)76-83-78(81)73-71-69-67-65-63-61-59-57-55-53-51-49-47-45-43-41-36-34-32-30-28-26-24-22-20-18-16-14-12-10-8-6-4-2/h5-8,11-14,17-20,23-26,29-32,35-37,39-41,44-47,50-53,56-59,63,65,77,80H,3-4,9-10,15-16,21-22,27-28,33-34,38,42-43,48-49,54-55,60-62,64,66-76H2,1-2H3/b7-5-,8-6-,13-11-,14-12-,19-17-,20-18-,25-23-,26-24-,31-29-,32-30-,37-35-,40-39-,41-36-,46-44-,47-45-,52-50-,53-51-,58-56-,59-57-,65-63-. The maximum atomic E-state index is 12.3. The van der Waals surface area contributed by atoms with Crippen LogP contribution in [0.4, 0.5) is 0 Å². The minimum atomic E-state index is -0.821. The van der Waals surface area contributed by atoms with E-state index in [9.17, 15) is 14.7 Å². The summed E-state index contributed by atoms with van der Waals surface area (Å²) in [7, 11) is 0. The first-order chi connectivity index (χ1) is 41.6. The van der Waals surface area contributed by atoms with Crippen LogP contribution in [0.25, 0.3) is 0 Å². The van der Waals surface area contributed by atoms with Gasteiger partial charge in [-0.1, -0.05) is 283 Å². The molecule has 1 atom stereocenters. The minimum Gasteiger partial charge on any atom is -0.462 e. The van der Waals surface area contributed by atoms with Crippen LogP contribution in [-0.4, -0.2) is 36.4 Å². The van der Waals surface area contributed by atoms with Crippen LogP contribution < -0.4 is 0 Å². The fourth-order valence-electron chi connectivity index (χ4n) is 7.84. The summed E-state index contributed by atoms with van der Waals surface area (Å²) < 4.78 is 10.7. The summed E-state index contributed by atoms with van der Waals surface area (Å²) in [5, 5.41) is 9.68. The Hall–Kier alpha value is -6.30. The largest absolute Gasteiger partial charge is 0.462 e. The smallest absolute Gasteiger partial charge is 0.306 e. The van der Waals surface area contributed by atoms with Crippen molar-refractivity contribution in [2.24, 2.45) is 0 Å². The summed E-state index contributed by atoms with van der Waals surface area (Å²) in [5.74, 6) is -0.681. The molecular formula is C79H116O5. The molecule has 5 nitrogen and oxygen atoms in total. The molecule has 0 aliphatic heterocycles. The molecule has 5 heteroatoms. The highest BCUT2D eigenvalue weighted by molar-refractivity contribution is 5.70. The number of hydrogen-bond acceptors (Lipinski definition) is 5. The van der Waals surface area contributed by atoms with E-state index in [4.69, 9.17) is 9.47 Å². The molecule has 0 saturated carbocycles. The summed E-state index contributed by atoms with van der Waals surface area (Å²) in [6.45, 7) is 3.84. The van der Waals surface area contributed by atoms with Crippen LogP contribution in [-0.2, 0) is 19.1 Å². The molecular weight excluding hydrogens is 1030 g/mol.